The summed E-state index contributed by atoms with van der Waals surface area (Å²) < 4.78 is 28.2. The molecule has 4 aromatic carbocycles. The van der Waals surface area contributed by atoms with E-state index in [0.717, 1.165) is 12.1 Å². The number of carbonyl (C=O) groups excluding carboxylic acids is 3. The molecule has 2 N–H and O–H groups in total. The van der Waals surface area contributed by atoms with Crippen molar-refractivity contribution in [2.24, 2.45) is 0 Å². The van der Waals surface area contributed by atoms with Crippen molar-refractivity contribution in [2.45, 2.75) is 0 Å². The summed E-state index contributed by atoms with van der Waals surface area (Å²) in [6.07, 6.45) is 0. The van der Waals surface area contributed by atoms with Gasteiger partial charge in [0.25, 0.3) is 11.8 Å². The molecule has 0 heterocycles. The van der Waals surface area contributed by atoms with Crippen LogP contribution in [-0.4, -0.2) is 17.6 Å². The predicted octanol–water partition coefficient (Wildman–Crippen LogP) is 5.70. The van der Waals surface area contributed by atoms with Crippen molar-refractivity contribution in [3.8, 4) is 0 Å². The van der Waals surface area contributed by atoms with E-state index in [9.17, 15) is 23.2 Å². The Kier molecular flexibility index (Phi) is 6.54. The van der Waals surface area contributed by atoms with Crippen molar-refractivity contribution in [1.82, 2.24) is 0 Å². The van der Waals surface area contributed by atoms with E-state index in [1.54, 1.807) is 30.3 Å². The van der Waals surface area contributed by atoms with Crippen LogP contribution in [0.5, 0.6) is 0 Å². The topological polar surface area (TPSA) is 75.3 Å². The van der Waals surface area contributed by atoms with Crippen molar-refractivity contribution in [3.63, 3.8) is 0 Å². The number of hydrogen-bond acceptors (Lipinski definition) is 3. The highest BCUT2D eigenvalue weighted by molar-refractivity contribution is 6.13. The Morgan fingerprint density at radius 3 is 1.59 bits per heavy atom. The summed E-state index contributed by atoms with van der Waals surface area (Å²) in [6.45, 7) is 0. The zero-order chi connectivity index (χ0) is 24.1. The zero-order valence-corrected chi connectivity index (χ0v) is 17.7. The lowest BCUT2D eigenvalue weighted by atomic mass is 10.0. The van der Waals surface area contributed by atoms with Gasteiger partial charge in [0.2, 0.25) is 0 Å². The molecule has 5 nitrogen and oxygen atoms in total. The van der Waals surface area contributed by atoms with Gasteiger partial charge < -0.3 is 10.6 Å². The Balaban J connectivity index is 1.70. The van der Waals surface area contributed by atoms with Gasteiger partial charge in [-0.15, -0.1) is 0 Å². The summed E-state index contributed by atoms with van der Waals surface area (Å²) in [7, 11) is 0. The van der Waals surface area contributed by atoms with Gasteiger partial charge in [-0.25, -0.2) is 8.78 Å². The van der Waals surface area contributed by atoms with E-state index in [1.165, 1.54) is 54.6 Å². The third kappa shape index (κ3) is 4.88. The van der Waals surface area contributed by atoms with Crippen LogP contribution in [0, 0.1) is 11.6 Å². The largest absolute Gasteiger partial charge is 0.320 e. The van der Waals surface area contributed by atoms with Crippen LogP contribution in [0.3, 0.4) is 0 Å². The molecule has 34 heavy (non-hydrogen) atoms. The Bertz CT molecular complexity index is 1390. The minimum absolute atomic E-state index is 0.0553. The van der Waals surface area contributed by atoms with Gasteiger partial charge in [-0.2, -0.15) is 0 Å². The number of benzene rings is 4. The first-order valence-corrected chi connectivity index (χ1v) is 10.3. The van der Waals surface area contributed by atoms with Gasteiger partial charge >= 0.3 is 0 Å². The van der Waals surface area contributed by atoms with E-state index in [1.807, 2.05) is 0 Å². The second kappa shape index (κ2) is 9.87. The van der Waals surface area contributed by atoms with Gasteiger partial charge in [-0.05, 0) is 42.5 Å². The van der Waals surface area contributed by atoms with E-state index in [-0.39, 0.29) is 33.8 Å². The van der Waals surface area contributed by atoms with Crippen LogP contribution in [-0.2, 0) is 0 Å². The lowest BCUT2D eigenvalue weighted by Crippen LogP contribution is -2.19. The van der Waals surface area contributed by atoms with E-state index < -0.39 is 23.4 Å². The van der Waals surface area contributed by atoms with Crippen LogP contribution in [0.4, 0.5) is 20.2 Å². The number of halogens is 2. The third-order valence-corrected chi connectivity index (χ3v) is 5.05. The van der Waals surface area contributed by atoms with Gasteiger partial charge in [0.1, 0.15) is 11.6 Å². The first-order valence-electron chi connectivity index (χ1n) is 10.3. The molecule has 0 saturated carbocycles. The van der Waals surface area contributed by atoms with E-state index in [2.05, 4.69) is 10.6 Å². The number of amides is 2. The van der Waals surface area contributed by atoms with Crippen LogP contribution in [0.15, 0.2) is 97.1 Å². The Labute approximate surface area is 194 Å². The fourth-order valence-corrected chi connectivity index (χ4v) is 3.32. The van der Waals surface area contributed by atoms with Crippen LogP contribution < -0.4 is 10.6 Å². The van der Waals surface area contributed by atoms with Gasteiger partial charge in [0, 0.05) is 11.1 Å². The van der Waals surface area contributed by atoms with Gasteiger partial charge in [0.05, 0.1) is 22.5 Å². The summed E-state index contributed by atoms with van der Waals surface area (Å²) in [5.41, 5.74) is 0.421. The predicted molar refractivity (Wildman–Crippen MR) is 125 cm³/mol. The Morgan fingerprint density at radius 1 is 0.529 bits per heavy atom. The molecule has 4 rings (SSSR count). The average Bonchev–Trinajstić information content (AvgIpc) is 2.85. The van der Waals surface area contributed by atoms with E-state index >= 15 is 0 Å². The molecule has 0 spiro atoms. The van der Waals surface area contributed by atoms with Crippen LogP contribution in [0.1, 0.15) is 36.6 Å². The summed E-state index contributed by atoms with van der Waals surface area (Å²) in [5.74, 6) is -3.28. The SMILES string of the molecule is O=C(c1ccccc1)c1ccc(NC(=O)c2ccccc2F)c(NC(=O)c2ccccc2F)c1. The summed E-state index contributed by atoms with van der Waals surface area (Å²) in [4.78, 5) is 38.3. The minimum Gasteiger partial charge on any atom is -0.320 e. The maximum Gasteiger partial charge on any atom is 0.258 e. The fourth-order valence-electron chi connectivity index (χ4n) is 3.32. The molecule has 0 fully saturated rings. The first-order chi connectivity index (χ1) is 16.4. The van der Waals surface area contributed by atoms with Crippen molar-refractivity contribution >= 4 is 29.0 Å². The number of ketones is 1. The van der Waals surface area contributed by atoms with Gasteiger partial charge in [0.15, 0.2) is 5.78 Å². The van der Waals surface area contributed by atoms with Crippen molar-refractivity contribution in [2.75, 3.05) is 10.6 Å². The third-order valence-electron chi connectivity index (χ3n) is 5.05. The van der Waals surface area contributed by atoms with Crippen molar-refractivity contribution < 1.29 is 23.2 Å². The molecule has 0 aliphatic heterocycles. The minimum atomic E-state index is -0.774. The number of nitrogens with one attached hydrogen (secondary N) is 2. The molecule has 168 valence electrons. The van der Waals surface area contributed by atoms with Crippen molar-refractivity contribution in [3.05, 3.63) is 131 Å². The lowest BCUT2D eigenvalue weighted by molar-refractivity contribution is 0.101. The second-order valence-electron chi connectivity index (χ2n) is 7.32. The Hall–Kier alpha value is -4.65. The molecule has 7 heteroatoms. The molecule has 0 atom stereocenters. The lowest BCUT2D eigenvalue weighted by Gasteiger charge is -2.15. The molecule has 0 radical (unpaired) electrons. The monoisotopic (exact) mass is 456 g/mol. The molecule has 0 unspecified atom stereocenters. The summed E-state index contributed by atoms with van der Waals surface area (Å²) in [5, 5.41) is 5.09. The molecule has 4 aromatic rings. The molecular formula is C27H18F2N2O3. The molecule has 2 amide bonds. The molecule has 0 aliphatic carbocycles. The first kappa shape index (κ1) is 22.5. The smallest absolute Gasteiger partial charge is 0.258 e. The molecule has 0 aliphatic rings. The maximum absolute atomic E-state index is 14.1. The summed E-state index contributed by atoms with van der Waals surface area (Å²) >= 11 is 0. The molecular weight excluding hydrogens is 438 g/mol. The van der Waals surface area contributed by atoms with E-state index in [4.69, 9.17) is 0 Å². The quantitative estimate of drug-likeness (QED) is 0.366. The standard InChI is InChI=1S/C27H18F2N2O3/c28-21-12-6-4-10-19(21)26(33)30-23-15-14-18(25(32)17-8-2-1-3-9-17)16-24(23)31-27(34)20-11-5-7-13-22(20)29/h1-16H,(H,30,33)(H,31,34). The van der Waals surface area contributed by atoms with E-state index in [0.29, 0.717) is 5.56 Å². The highest BCUT2D eigenvalue weighted by Crippen LogP contribution is 2.27. The Morgan fingerprint density at radius 2 is 1.03 bits per heavy atom. The average molecular weight is 456 g/mol. The number of carbonyl (C=O) groups is 3. The highest BCUT2D eigenvalue weighted by Gasteiger charge is 2.19. The van der Waals surface area contributed by atoms with Gasteiger partial charge in [-0.3, -0.25) is 14.4 Å². The number of hydrogen-bond donors (Lipinski definition) is 2. The van der Waals surface area contributed by atoms with Gasteiger partial charge in [-0.1, -0.05) is 54.6 Å². The molecule has 0 saturated heterocycles. The highest BCUT2D eigenvalue weighted by atomic mass is 19.1. The number of anilines is 2. The zero-order valence-electron chi connectivity index (χ0n) is 17.7. The van der Waals surface area contributed by atoms with Crippen LogP contribution in [0.2, 0.25) is 0 Å². The van der Waals surface area contributed by atoms with Crippen LogP contribution in [0.25, 0.3) is 0 Å². The van der Waals surface area contributed by atoms with Crippen molar-refractivity contribution in [1.29, 1.82) is 0 Å². The molecule has 0 bridgehead atoms. The fraction of sp³-hybridized carbons (Fsp3) is 0. The van der Waals surface area contributed by atoms with Crippen LogP contribution >= 0.6 is 0 Å². The summed E-state index contributed by atoms with van der Waals surface area (Å²) in [6, 6.07) is 23.6. The normalized spacial score (nSPS) is 10.4. The second-order valence-corrected chi connectivity index (χ2v) is 7.32. The number of rotatable bonds is 6. The molecule has 0 aromatic heterocycles. The maximum atomic E-state index is 14.1.